The van der Waals surface area contributed by atoms with Gasteiger partial charge in [0, 0.05) is 22.4 Å². The van der Waals surface area contributed by atoms with Gasteiger partial charge in [0.05, 0.1) is 6.10 Å². The van der Waals surface area contributed by atoms with Gasteiger partial charge in [-0.3, -0.25) is 4.79 Å². The molecule has 0 fully saturated rings. The summed E-state index contributed by atoms with van der Waals surface area (Å²) < 4.78 is 0. The second kappa shape index (κ2) is 7.25. The minimum Gasteiger partial charge on any atom is -0.393 e. The Morgan fingerprint density at radius 2 is 2.35 bits per heavy atom. The molecule has 0 saturated carbocycles. The van der Waals surface area contributed by atoms with Crippen molar-refractivity contribution in [2.24, 2.45) is 0 Å². The molecule has 0 spiro atoms. The number of nitrogens with one attached hydrogen (secondary N) is 1. The first-order valence-electron chi connectivity index (χ1n) is 5.82. The SMILES string of the molecule is CCC(O)CCNC(=O)/C=C/c1ccc(C)s1. The number of thiophene rings is 1. The van der Waals surface area contributed by atoms with E-state index in [9.17, 15) is 9.90 Å². The Morgan fingerprint density at radius 3 is 2.94 bits per heavy atom. The van der Waals surface area contributed by atoms with Crippen molar-refractivity contribution in [3.05, 3.63) is 28.0 Å². The van der Waals surface area contributed by atoms with Crippen LogP contribution >= 0.6 is 11.3 Å². The molecule has 4 heteroatoms. The van der Waals surface area contributed by atoms with Gasteiger partial charge >= 0.3 is 0 Å². The molecule has 1 unspecified atom stereocenters. The van der Waals surface area contributed by atoms with Crippen LogP contribution < -0.4 is 5.32 Å². The summed E-state index contributed by atoms with van der Waals surface area (Å²) in [5, 5.41) is 12.1. The number of carbonyl (C=O) groups is 1. The molecule has 1 heterocycles. The van der Waals surface area contributed by atoms with Crippen molar-refractivity contribution < 1.29 is 9.90 Å². The summed E-state index contributed by atoms with van der Waals surface area (Å²) in [6.07, 6.45) is 4.35. The fraction of sp³-hybridized carbons (Fsp3) is 0.462. The molecule has 0 aliphatic heterocycles. The summed E-state index contributed by atoms with van der Waals surface area (Å²) in [5.74, 6) is -0.112. The van der Waals surface area contributed by atoms with Crippen molar-refractivity contribution in [1.29, 1.82) is 0 Å². The first-order chi connectivity index (χ1) is 8.11. The van der Waals surface area contributed by atoms with Crippen molar-refractivity contribution in [1.82, 2.24) is 5.32 Å². The van der Waals surface area contributed by atoms with E-state index in [1.54, 1.807) is 11.3 Å². The Kier molecular flexibility index (Phi) is 5.94. The van der Waals surface area contributed by atoms with E-state index in [2.05, 4.69) is 5.32 Å². The van der Waals surface area contributed by atoms with Crippen LogP contribution in [0.4, 0.5) is 0 Å². The molecule has 0 aliphatic rings. The molecule has 0 saturated heterocycles. The third kappa shape index (κ3) is 5.65. The van der Waals surface area contributed by atoms with Crippen LogP contribution in [0, 0.1) is 6.92 Å². The van der Waals surface area contributed by atoms with Crippen molar-refractivity contribution >= 4 is 23.3 Å². The van der Waals surface area contributed by atoms with Crippen molar-refractivity contribution in [3.63, 3.8) is 0 Å². The molecule has 17 heavy (non-hydrogen) atoms. The lowest BCUT2D eigenvalue weighted by atomic mass is 10.2. The van der Waals surface area contributed by atoms with E-state index in [1.807, 2.05) is 32.1 Å². The maximum atomic E-state index is 11.4. The molecule has 0 bridgehead atoms. The molecular formula is C13H19NO2S. The fourth-order valence-electron chi connectivity index (χ4n) is 1.33. The van der Waals surface area contributed by atoms with Gasteiger partial charge in [0.15, 0.2) is 0 Å². The highest BCUT2D eigenvalue weighted by Gasteiger charge is 2.01. The molecule has 3 nitrogen and oxygen atoms in total. The lowest BCUT2D eigenvalue weighted by Gasteiger charge is -2.06. The zero-order valence-electron chi connectivity index (χ0n) is 10.3. The van der Waals surface area contributed by atoms with Crippen molar-refractivity contribution in [2.45, 2.75) is 32.8 Å². The topological polar surface area (TPSA) is 49.3 Å². The van der Waals surface area contributed by atoms with E-state index >= 15 is 0 Å². The normalized spacial score (nSPS) is 12.9. The van der Waals surface area contributed by atoms with Gasteiger partial charge in [0.2, 0.25) is 5.91 Å². The Hall–Kier alpha value is -1.13. The highest BCUT2D eigenvalue weighted by atomic mass is 32.1. The summed E-state index contributed by atoms with van der Waals surface area (Å²) in [4.78, 5) is 13.7. The van der Waals surface area contributed by atoms with Crippen LogP contribution in [0.15, 0.2) is 18.2 Å². The van der Waals surface area contributed by atoms with E-state index < -0.39 is 0 Å². The van der Waals surface area contributed by atoms with Gasteiger partial charge in [-0.15, -0.1) is 11.3 Å². The predicted octanol–water partition coefficient (Wildman–Crippen LogP) is 2.35. The van der Waals surface area contributed by atoms with Gasteiger partial charge in [0.25, 0.3) is 0 Å². The summed E-state index contributed by atoms with van der Waals surface area (Å²) in [6.45, 7) is 4.47. The number of aliphatic hydroxyl groups is 1. The van der Waals surface area contributed by atoms with E-state index in [-0.39, 0.29) is 12.0 Å². The van der Waals surface area contributed by atoms with E-state index in [4.69, 9.17) is 0 Å². The highest BCUT2D eigenvalue weighted by Crippen LogP contribution is 2.16. The standard InChI is InChI=1S/C13H19NO2S/c1-3-11(15)8-9-14-13(16)7-6-12-5-4-10(2)17-12/h4-7,11,15H,3,8-9H2,1-2H3,(H,14,16)/b7-6+. The van der Waals surface area contributed by atoms with Crippen LogP contribution in [-0.4, -0.2) is 23.7 Å². The highest BCUT2D eigenvalue weighted by molar-refractivity contribution is 7.12. The number of aliphatic hydroxyl groups excluding tert-OH is 1. The Balaban J connectivity index is 2.27. The minimum atomic E-state index is -0.320. The van der Waals surface area contributed by atoms with Crippen LogP contribution in [0.3, 0.4) is 0 Å². The molecule has 1 amide bonds. The number of hydrogen-bond donors (Lipinski definition) is 2. The lowest BCUT2D eigenvalue weighted by Crippen LogP contribution is -2.25. The van der Waals surface area contributed by atoms with Crippen LogP contribution in [0.25, 0.3) is 6.08 Å². The molecule has 2 N–H and O–H groups in total. The third-order valence-electron chi connectivity index (χ3n) is 2.41. The average Bonchev–Trinajstić information content (AvgIpc) is 2.72. The minimum absolute atomic E-state index is 0.112. The zero-order chi connectivity index (χ0) is 12.7. The second-order valence-corrected chi connectivity index (χ2v) is 5.24. The number of rotatable bonds is 6. The zero-order valence-corrected chi connectivity index (χ0v) is 11.1. The van der Waals surface area contributed by atoms with E-state index in [1.165, 1.54) is 11.0 Å². The smallest absolute Gasteiger partial charge is 0.244 e. The summed E-state index contributed by atoms with van der Waals surface area (Å²) in [7, 11) is 0. The maximum absolute atomic E-state index is 11.4. The van der Waals surface area contributed by atoms with Crippen LogP contribution in [0.5, 0.6) is 0 Å². The number of carbonyl (C=O) groups excluding carboxylic acids is 1. The molecule has 1 aromatic rings. The fourth-order valence-corrected chi connectivity index (χ4v) is 2.11. The predicted molar refractivity (Wildman–Crippen MR) is 72.0 cm³/mol. The molecule has 0 aliphatic carbocycles. The van der Waals surface area contributed by atoms with Gasteiger partial charge < -0.3 is 10.4 Å². The van der Waals surface area contributed by atoms with Gasteiger partial charge in [-0.25, -0.2) is 0 Å². The number of hydrogen-bond acceptors (Lipinski definition) is 3. The quantitative estimate of drug-likeness (QED) is 0.765. The van der Waals surface area contributed by atoms with Crippen LogP contribution in [0.1, 0.15) is 29.5 Å². The molecular weight excluding hydrogens is 234 g/mol. The lowest BCUT2D eigenvalue weighted by molar-refractivity contribution is -0.116. The average molecular weight is 253 g/mol. The van der Waals surface area contributed by atoms with E-state index in [0.29, 0.717) is 13.0 Å². The van der Waals surface area contributed by atoms with Crippen molar-refractivity contribution in [3.8, 4) is 0 Å². The maximum Gasteiger partial charge on any atom is 0.244 e. The second-order valence-electron chi connectivity index (χ2n) is 3.92. The van der Waals surface area contributed by atoms with Crippen LogP contribution in [-0.2, 0) is 4.79 Å². The third-order valence-corrected chi connectivity index (χ3v) is 3.37. The first kappa shape index (κ1) is 13.9. The Labute approximate surface area is 106 Å². The molecule has 1 atom stereocenters. The largest absolute Gasteiger partial charge is 0.393 e. The first-order valence-corrected chi connectivity index (χ1v) is 6.64. The number of amides is 1. The summed E-state index contributed by atoms with van der Waals surface area (Å²) in [6, 6.07) is 4.02. The molecule has 94 valence electrons. The molecule has 0 aromatic carbocycles. The summed E-state index contributed by atoms with van der Waals surface area (Å²) >= 11 is 1.66. The van der Waals surface area contributed by atoms with Crippen molar-refractivity contribution in [2.75, 3.05) is 6.54 Å². The van der Waals surface area contributed by atoms with Gasteiger partial charge in [-0.05, 0) is 38.0 Å². The molecule has 1 rings (SSSR count). The van der Waals surface area contributed by atoms with Crippen LogP contribution in [0.2, 0.25) is 0 Å². The van der Waals surface area contributed by atoms with Gasteiger partial charge in [-0.2, -0.15) is 0 Å². The summed E-state index contributed by atoms with van der Waals surface area (Å²) in [5.41, 5.74) is 0. The molecule has 1 aromatic heterocycles. The van der Waals surface area contributed by atoms with E-state index in [0.717, 1.165) is 11.3 Å². The van der Waals surface area contributed by atoms with Gasteiger partial charge in [-0.1, -0.05) is 6.92 Å². The van der Waals surface area contributed by atoms with Gasteiger partial charge in [0.1, 0.15) is 0 Å². The monoisotopic (exact) mass is 253 g/mol. The molecule has 0 radical (unpaired) electrons. The Bertz CT molecular complexity index is 385. The Morgan fingerprint density at radius 1 is 1.59 bits per heavy atom. The number of aryl methyl sites for hydroxylation is 1.